The molecule has 72 valence electrons. The lowest BCUT2D eigenvalue weighted by Crippen LogP contribution is -1.87. The molecule has 0 aliphatic heterocycles. The fourth-order valence-corrected chi connectivity index (χ4v) is 2.12. The molecule has 0 saturated carbocycles. The third-order valence-electron chi connectivity index (χ3n) is 2.19. The van der Waals surface area contributed by atoms with Crippen LogP contribution in [-0.4, -0.2) is 7.11 Å². The SMILES string of the molecule is COc1ccc(C)cc1-c1ccsc1. The number of thiophene rings is 1. The van der Waals surface area contributed by atoms with E-state index in [2.05, 4.69) is 35.9 Å². The van der Waals surface area contributed by atoms with Crippen molar-refractivity contribution in [3.63, 3.8) is 0 Å². The van der Waals surface area contributed by atoms with Gasteiger partial charge in [0.2, 0.25) is 0 Å². The molecule has 0 bridgehead atoms. The predicted molar refractivity (Wildman–Crippen MR) is 61.0 cm³/mol. The maximum atomic E-state index is 5.33. The standard InChI is InChI=1S/C12H12OS/c1-9-3-4-12(13-2)11(7-9)10-5-6-14-8-10/h3-8H,1-2H3. The van der Waals surface area contributed by atoms with Crippen molar-refractivity contribution >= 4 is 11.3 Å². The van der Waals surface area contributed by atoms with Gasteiger partial charge in [-0.3, -0.25) is 0 Å². The maximum Gasteiger partial charge on any atom is 0.126 e. The Morgan fingerprint density at radius 1 is 1.21 bits per heavy atom. The smallest absolute Gasteiger partial charge is 0.126 e. The summed E-state index contributed by atoms with van der Waals surface area (Å²) in [5, 5.41) is 4.22. The van der Waals surface area contributed by atoms with E-state index < -0.39 is 0 Å². The first kappa shape index (κ1) is 9.28. The van der Waals surface area contributed by atoms with Gasteiger partial charge in [-0.25, -0.2) is 0 Å². The molecule has 0 atom stereocenters. The molecular weight excluding hydrogens is 192 g/mol. The fourth-order valence-electron chi connectivity index (χ4n) is 1.47. The summed E-state index contributed by atoms with van der Waals surface area (Å²) in [5.74, 6) is 0.939. The molecule has 0 aliphatic rings. The van der Waals surface area contributed by atoms with E-state index in [9.17, 15) is 0 Å². The van der Waals surface area contributed by atoms with Gasteiger partial charge >= 0.3 is 0 Å². The molecule has 2 heteroatoms. The third-order valence-corrected chi connectivity index (χ3v) is 2.87. The van der Waals surface area contributed by atoms with Crippen LogP contribution in [0.4, 0.5) is 0 Å². The van der Waals surface area contributed by atoms with E-state index in [-0.39, 0.29) is 0 Å². The van der Waals surface area contributed by atoms with Crippen LogP contribution >= 0.6 is 11.3 Å². The van der Waals surface area contributed by atoms with Gasteiger partial charge in [0.15, 0.2) is 0 Å². The lowest BCUT2D eigenvalue weighted by Gasteiger charge is -2.07. The molecule has 1 aromatic heterocycles. The lowest BCUT2D eigenvalue weighted by molar-refractivity contribution is 0.416. The largest absolute Gasteiger partial charge is 0.496 e. The molecule has 1 heterocycles. The Kier molecular flexibility index (Phi) is 2.55. The van der Waals surface area contributed by atoms with Crippen LogP contribution in [0.25, 0.3) is 11.1 Å². The van der Waals surface area contributed by atoms with E-state index in [1.807, 2.05) is 6.07 Å². The van der Waals surface area contributed by atoms with Crippen LogP contribution in [0.3, 0.4) is 0 Å². The minimum absolute atomic E-state index is 0.939. The van der Waals surface area contributed by atoms with Crippen LogP contribution < -0.4 is 4.74 Å². The van der Waals surface area contributed by atoms with Gasteiger partial charge in [0, 0.05) is 5.56 Å². The predicted octanol–water partition coefficient (Wildman–Crippen LogP) is 3.73. The first-order chi connectivity index (χ1) is 6.81. The number of hydrogen-bond donors (Lipinski definition) is 0. The zero-order chi connectivity index (χ0) is 9.97. The van der Waals surface area contributed by atoms with Gasteiger partial charge in [0.1, 0.15) is 5.75 Å². The minimum Gasteiger partial charge on any atom is -0.496 e. The van der Waals surface area contributed by atoms with E-state index in [1.54, 1.807) is 18.4 Å². The monoisotopic (exact) mass is 204 g/mol. The highest BCUT2D eigenvalue weighted by molar-refractivity contribution is 7.08. The van der Waals surface area contributed by atoms with Gasteiger partial charge < -0.3 is 4.74 Å². The lowest BCUT2D eigenvalue weighted by atomic mass is 10.1. The van der Waals surface area contributed by atoms with Crippen LogP contribution in [0.2, 0.25) is 0 Å². The number of hydrogen-bond acceptors (Lipinski definition) is 2. The third kappa shape index (κ3) is 1.66. The maximum absolute atomic E-state index is 5.33. The first-order valence-electron chi connectivity index (χ1n) is 4.48. The zero-order valence-corrected chi connectivity index (χ0v) is 9.10. The average Bonchev–Trinajstić information content (AvgIpc) is 2.70. The molecule has 0 fully saturated rings. The van der Waals surface area contributed by atoms with Crippen molar-refractivity contribution in [3.05, 3.63) is 40.6 Å². The van der Waals surface area contributed by atoms with E-state index in [4.69, 9.17) is 4.74 Å². The molecule has 1 nitrogen and oxygen atoms in total. The van der Waals surface area contributed by atoms with Gasteiger partial charge in [0.05, 0.1) is 7.11 Å². The van der Waals surface area contributed by atoms with Crippen molar-refractivity contribution in [2.45, 2.75) is 6.92 Å². The van der Waals surface area contributed by atoms with Crippen LogP contribution in [0.1, 0.15) is 5.56 Å². The molecule has 2 aromatic rings. The number of methoxy groups -OCH3 is 1. The molecule has 2 rings (SSSR count). The number of benzene rings is 1. The van der Waals surface area contributed by atoms with Crippen molar-refractivity contribution in [2.75, 3.05) is 7.11 Å². The van der Waals surface area contributed by atoms with Crippen molar-refractivity contribution in [2.24, 2.45) is 0 Å². The van der Waals surface area contributed by atoms with E-state index in [1.165, 1.54) is 16.7 Å². The highest BCUT2D eigenvalue weighted by atomic mass is 32.1. The van der Waals surface area contributed by atoms with Gasteiger partial charge in [-0.1, -0.05) is 11.6 Å². The second-order valence-corrected chi connectivity index (χ2v) is 4.00. The summed E-state index contributed by atoms with van der Waals surface area (Å²) >= 11 is 1.70. The van der Waals surface area contributed by atoms with Gasteiger partial charge in [-0.05, 0) is 41.4 Å². The summed E-state index contributed by atoms with van der Waals surface area (Å²) < 4.78 is 5.33. The Balaban J connectivity index is 2.55. The van der Waals surface area contributed by atoms with E-state index in [0.717, 1.165) is 5.75 Å². The molecule has 0 aliphatic carbocycles. The first-order valence-corrected chi connectivity index (χ1v) is 5.43. The molecule has 0 saturated heterocycles. The Morgan fingerprint density at radius 3 is 2.71 bits per heavy atom. The van der Waals surface area contributed by atoms with Gasteiger partial charge in [-0.2, -0.15) is 11.3 Å². The number of rotatable bonds is 2. The molecule has 0 radical (unpaired) electrons. The number of ether oxygens (including phenoxy) is 1. The molecular formula is C12H12OS. The topological polar surface area (TPSA) is 9.23 Å². The molecule has 0 unspecified atom stereocenters. The second kappa shape index (κ2) is 3.84. The molecule has 0 amide bonds. The fraction of sp³-hybridized carbons (Fsp3) is 0.167. The molecule has 0 N–H and O–H groups in total. The summed E-state index contributed by atoms with van der Waals surface area (Å²) in [6, 6.07) is 8.35. The van der Waals surface area contributed by atoms with E-state index >= 15 is 0 Å². The van der Waals surface area contributed by atoms with Crippen LogP contribution in [-0.2, 0) is 0 Å². The summed E-state index contributed by atoms with van der Waals surface area (Å²) in [7, 11) is 1.71. The Hall–Kier alpha value is -1.28. The summed E-state index contributed by atoms with van der Waals surface area (Å²) in [4.78, 5) is 0. The minimum atomic E-state index is 0.939. The Labute approximate surface area is 88.0 Å². The number of aryl methyl sites for hydroxylation is 1. The highest BCUT2D eigenvalue weighted by Crippen LogP contribution is 2.31. The highest BCUT2D eigenvalue weighted by Gasteiger charge is 2.05. The van der Waals surface area contributed by atoms with Crippen molar-refractivity contribution < 1.29 is 4.74 Å². The Bertz CT molecular complexity index is 418. The Morgan fingerprint density at radius 2 is 2.07 bits per heavy atom. The summed E-state index contributed by atoms with van der Waals surface area (Å²) in [5.41, 5.74) is 3.66. The average molecular weight is 204 g/mol. The van der Waals surface area contributed by atoms with Gasteiger partial charge in [-0.15, -0.1) is 0 Å². The molecule has 0 spiro atoms. The normalized spacial score (nSPS) is 10.1. The van der Waals surface area contributed by atoms with Crippen LogP contribution in [0.15, 0.2) is 35.0 Å². The van der Waals surface area contributed by atoms with Crippen molar-refractivity contribution in [1.29, 1.82) is 0 Å². The second-order valence-electron chi connectivity index (χ2n) is 3.22. The van der Waals surface area contributed by atoms with Gasteiger partial charge in [0.25, 0.3) is 0 Å². The molecule has 14 heavy (non-hydrogen) atoms. The summed E-state index contributed by atoms with van der Waals surface area (Å²) in [6.45, 7) is 2.09. The summed E-state index contributed by atoms with van der Waals surface area (Å²) in [6.07, 6.45) is 0. The van der Waals surface area contributed by atoms with Crippen molar-refractivity contribution in [1.82, 2.24) is 0 Å². The van der Waals surface area contributed by atoms with E-state index in [0.29, 0.717) is 0 Å². The van der Waals surface area contributed by atoms with Crippen molar-refractivity contribution in [3.8, 4) is 16.9 Å². The van der Waals surface area contributed by atoms with Crippen LogP contribution in [0.5, 0.6) is 5.75 Å². The zero-order valence-electron chi connectivity index (χ0n) is 8.28. The quantitative estimate of drug-likeness (QED) is 0.724. The van der Waals surface area contributed by atoms with Crippen LogP contribution in [0, 0.1) is 6.92 Å². The molecule has 1 aromatic carbocycles.